The lowest BCUT2D eigenvalue weighted by Crippen LogP contribution is -2.05. The molecule has 0 bridgehead atoms. The van der Waals surface area contributed by atoms with Crippen molar-refractivity contribution in [2.24, 2.45) is 0 Å². The van der Waals surface area contributed by atoms with Gasteiger partial charge < -0.3 is 9.73 Å². The van der Waals surface area contributed by atoms with Gasteiger partial charge in [-0.05, 0) is 12.6 Å². The molecule has 0 aliphatic rings. The van der Waals surface area contributed by atoms with Gasteiger partial charge in [-0.2, -0.15) is 0 Å². The van der Waals surface area contributed by atoms with Crippen LogP contribution in [-0.4, -0.2) is 12.0 Å². The Labute approximate surface area is 82.8 Å². The van der Waals surface area contributed by atoms with Crippen LogP contribution >= 0.6 is 0 Å². The average molecular weight is 188 g/mol. The van der Waals surface area contributed by atoms with E-state index in [-0.39, 0.29) is 0 Å². The van der Waals surface area contributed by atoms with Crippen LogP contribution in [0, 0.1) is 0 Å². The monoisotopic (exact) mass is 188 g/mol. The standard InChI is InChI=1S/C11H12N2O/c1-12-6-9-4-2-3-5-10(9)11-7-13-8-14-11/h2-5,7-8,12H,6H2,1H3. The highest BCUT2D eigenvalue weighted by Crippen LogP contribution is 2.22. The largest absolute Gasteiger partial charge is 0.444 e. The van der Waals surface area contributed by atoms with Crippen LogP contribution in [0.2, 0.25) is 0 Å². The van der Waals surface area contributed by atoms with Crippen molar-refractivity contribution in [3.63, 3.8) is 0 Å². The molecule has 0 fully saturated rings. The van der Waals surface area contributed by atoms with E-state index in [1.165, 1.54) is 12.0 Å². The van der Waals surface area contributed by atoms with Crippen molar-refractivity contribution >= 4 is 0 Å². The normalized spacial score (nSPS) is 10.4. The summed E-state index contributed by atoms with van der Waals surface area (Å²) in [7, 11) is 1.93. The van der Waals surface area contributed by atoms with Gasteiger partial charge >= 0.3 is 0 Å². The molecule has 0 unspecified atom stereocenters. The van der Waals surface area contributed by atoms with Gasteiger partial charge in [0.25, 0.3) is 0 Å². The summed E-state index contributed by atoms with van der Waals surface area (Å²) in [5.74, 6) is 0.816. The molecule has 1 aromatic carbocycles. The molecule has 14 heavy (non-hydrogen) atoms. The van der Waals surface area contributed by atoms with Gasteiger partial charge in [-0.1, -0.05) is 24.3 Å². The molecule has 1 heterocycles. The van der Waals surface area contributed by atoms with Gasteiger partial charge in [0, 0.05) is 12.1 Å². The number of hydrogen-bond acceptors (Lipinski definition) is 3. The van der Waals surface area contributed by atoms with Crippen LogP contribution in [0.1, 0.15) is 5.56 Å². The molecule has 0 saturated heterocycles. The zero-order chi connectivity index (χ0) is 9.80. The Morgan fingerprint density at radius 1 is 1.36 bits per heavy atom. The predicted octanol–water partition coefficient (Wildman–Crippen LogP) is 2.06. The number of aromatic nitrogens is 1. The third-order valence-corrected chi connectivity index (χ3v) is 2.08. The molecular formula is C11H12N2O. The van der Waals surface area contributed by atoms with Crippen LogP contribution in [0.5, 0.6) is 0 Å². The minimum Gasteiger partial charge on any atom is -0.444 e. The highest BCUT2D eigenvalue weighted by Gasteiger charge is 2.05. The van der Waals surface area contributed by atoms with Crippen LogP contribution in [-0.2, 0) is 6.54 Å². The Balaban J connectivity index is 2.42. The van der Waals surface area contributed by atoms with Gasteiger partial charge in [-0.3, -0.25) is 0 Å². The van der Waals surface area contributed by atoms with E-state index in [0.717, 1.165) is 17.9 Å². The van der Waals surface area contributed by atoms with Crippen LogP contribution in [0.4, 0.5) is 0 Å². The first-order valence-electron chi connectivity index (χ1n) is 4.53. The molecule has 2 rings (SSSR count). The van der Waals surface area contributed by atoms with E-state index in [2.05, 4.69) is 16.4 Å². The first-order chi connectivity index (χ1) is 6.92. The van der Waals surface area contributed by atoms with Crippen molar-refractivity contribution in [2.75, 3.05) is 7.05 Å². The molecule has 0 spiro atoms. The van der Waals surface area contributed by atoms with Crippen molar-refractivity contribution in [2.45, 2.75) is 6.54 Å². The van der Waals surface area contributed by atoms with E-state index in [9.17, 15) is 0 Å². The van der Waals surface area contributed by atoms with E-state index in [0.29, 0.717) is 0 Å². The molecule has 0 radical (unpaired) electrons. The lowest BCUT2D eigenvalue weighted by Gasteiger charge is -2.05. The van der Waals surface area contributed by atoms with E-state index >= 15 is 0 Å². The molecule has 3 nitrogen and oxygen atoms in total. The molecule has 0 atom stereocenters. The second-order valence-corrected chi connectivity index (χ2v) is 3.05. The van der Waals surface area contributed by atoms with E-state index in [1.807, 2.05) is 25.2 Å². The second-order valence-electron chi connectivity index (χ2n) is 3.05. The Hall–Kier alpha value is -1.61. The van der Waals surface area contributed by atoms with Crippen molar-refractivity contribution in [3.8, 4) is 11.3 Å². The van der Waals surface area contributed by atoms with Gasteiger partial charge in [0.2, 0.25) is 0 Å². The summed E-state index contributed by atoms with van der Waals surface area (Å²) >= 11 is 0. The summed E-state index contributed by atoms with van der Waals surface area (Å²) in [6, 6.07) is 8.13. The van der Waals surface area contributed by atoms with Crippen molar-refractivity contribution in [3.05, 3.63) is 42.4 Å². The lowest BCUT2D eigenvalue weighted by molar-refractivity contribution is 0.571. The second kappa shape index (κ2) is 4.07. The zero-order valence-electron chi connectivity index (χ0n) is 8.03. The van der Waals surface area contributed by atoms with Gasteiger partial charge in [-0.25, -0.2) is 4.98 Å². The summed E-state index contributed by atoms with van der Waals surface area (Å²) in [5, 5.41) is 3.12. The molecule has 3 heteroatoms. The maximum Gasteiger partial charge on any atom is 0.181 e. The minimum absolute atomic E-state index is 0.816. The maximum atomic E-state index is 5.27. The Morgan fingerprint density at radius 3 is 2.93 bits per heavy atom. The fraction of sp³-hybridized carbons (Fsp3) is 0.182. The minimum atomic E-state index is 0.816. The van der Waals surface area contributed by atoms with Gasteiger partial charge in [0.1, 0.15) is 0 Å². The number of hydrogen-bond donors (Lipinski definition) is 1. The first-order valence-corrected chi connectivity index (χ1v) is 4.53. The van der Waals surface area contributed by atoms with Crippen LogP contribution in [0.3, 0.4) is 0 Å². The molecule has 1 N–H and O–H groups in total. The van der Waals surface area contributed by atoms with Gasteiger partial charge in [-0.15, -0.1) is 0 Å². The highest BCUT2D eigenvalue weighted by molar-refractivity contribution is 5.60. The Kier molecular flexibility index (Phi) is 2.60. The van der Waals surface area contributed by atoms with Gasteiger partial charge in [0.05, 0.1) is 6.20 Å². The van der Waals surface area contributed by atoms with E-state index in [1.54, 1.807) is 6.20 Å². The molecule has 72 valence electrons. The molecular weight excluding hydrogens is 176 g/mol. The van der Waals surface area contributed by atoms with E-state index < -0.39 is 0 Å². The average Bonchev–Trinajstić information content (AvgIpc) is 2.72. The topological polar surface area (TPSA) is 38.1 Å². The van der Waals surface area contributed by atoms with Crippen LogP contribution in [0.25, 0.3) is 11.3 Å². The van der Waals surface area contributed by atoms with Crippen molar-refractivity contribution in [1.82, 2.24) is 10.3 Å². The Morgan fingerprint density at radius 2 is 2.21 bits per heavy atom. The summed E-state index contributed by atoms with van der Waals surface area (Å²) < 4.78 is 5.27. The smallest absolute Gasteiger partial charge is 0.181 e. The zero-order valence-corrected chi connectivity index (χ0v) is 8.03. The third-order valence-electron chi connectivity index (χ3n) is 2.08. The summed E-state index contributed by atoms with van der Waals surface area (Å²) in [6.45, 7) is 0.830. The van der Waals surface area contributed by atoms with Crippen LogP contribution < -0.4 is 5.32 Å². The van der Waals surface area contributed by atoms with E-state index in [4.69, 9.17) is 4.42 Å². The quantitative estimate of drug-likeness (QED) is 0.801. The number of nitrogens with zero attached hydrogens (tertiary/aromatic N) is 1. The molecule has 0 aliphatic carbocycles. The molecule has 0 amide bonds. The fourth-order valence-electron chi connectivity index (χ4n) is 1.45. The summed E-state index contributed by atoms with van der Waals surface area (Å²) in [6.07, 6.45) is 3.18. The first kappa shape index (κ1) is 8.97. The third kappa shape index (κ3) is 1.67. The molecule has 1 aromatic heterocycles. The van der Waals surface area contributed by atoms with Crippen molar-refractivity contribution < 1.29 is 4.42 Å². The number of rotatable bonds is 3. The fourth-order valence-corrected chi connectivity index (χ4v) is 1.45. The lowest BCUT2D eigenvalue weighted by atomic mass is 10.1. The number of benzene rings is 1. The molecule has 0 aliphatic heterocycles. The molecule has 2 aromatic rings. The predicted molar refractivity (Wildman–Crippen MR) is 54.7 cm³/mol. The maximum absolute atomic E-state index is 5.27. The van der Waals surface area contributed by atoms with Crippen LogP contribution in [0.15, 0.2) is 41.3 Å². The SMILES string of the molecule is CNCc1ccccc1-c1cnco1. The van der Waals surface area contributed by atoms with Crippen molar-refractivity contribution in [1.29, 1.82) is 0 Å². The molecule has 0 saturated carbocycles. The summed E-state index contributed by atoms with van der Waals surface area (Å²) in [4.78, 5) is 3.91. The Bertz CT molecular complexity index is 395. The van der Waals surface area contributed by atoms with Gasteiger partial charge in [0.15, 0.2) is 12.2 Å². The number of oxazole rings is 1. The highest BCUT2D eigenvalue weighted by atomic mass is 16.3. The summed E-state index contributed by atoms with van der Waals surface area (Å²) in [5.41, 5.74) is 2.31. The number of nitrogens with one attached hydrogen (secondary N) is 1.